The summed E-state index contributed by atoms with van der Waals surface area (Å²) in [5.41, 5.74) is 3.02. The van der Waals surface area contributed by atoms with Gasteiger partial charge in [0.05, 0.1) is 11.6 Å². The molecule has 1 aliphatic heterocycles. The van der Waals surface area contributed by atoms with Gasteiger partial charge >= 0.3 is 0 Å². The van der Waals surface area contributed by atoms with Crippen molar-refractivity contribution < 1.29 is 19.4 Å². The van der Waals surface area contributed by atoms with Crippen molar-refractivity contribution in [3.05, 3.63) is 136 Å². The van der Waals surface area contributed by atoms with Crippen molar-refractivity contribution in [1.29, 1.82) is 0 Å². The van der Waals surface area contributed by atoms with Crippen LogP contribution in [0.1, 0.15) is 28.3 Å². The number of aliphatic hydroxyl groups is 1. The Bertz CT molecular complexity index is 1440. The van der Waals surface area contributed by atoms with E-state index in [1.165, 1.54) is 4.90 Å². The number of benzene rings is 3. The van der Waals surface area contributed by atoms with Gasteiger partial charge in [-0.05, 0) is 59.2 Å². The SMILES string of the molecule is O=C1C(=O)N(Cc2cccnc2)C(c2ccc(Br)cc2)/C1=C(\O)c1ccc(OCc2ccccc2)cc1. The summed E-state index contributed by atoms with van der Waals surface area (Å²) < 4.78 is 6.71. The van der Waals surface area contributed by atoms with E-state index in [0.29, 0.717) is 17.9 Å². The first-order valence-electron chi connectivity index (χ1n) is 11.7. The molecule has 1 N–H and O–H groups in total. The maximum absolute atomic E-state index is 13.2. The van der Waals surface area contributed by atoms with Gasteiger partial charge in [-0.3, -0.25) is 14.6 Å². The van der Waals surface area contributed by atoms with E-state index in [0.717, 1.165) is 21.2 Å². The molecule has 6 nitrogen and oxygen atoms in total. The Morgan fingerprint density at radius 3 is 2.27 bits per heavy atom. The fourth-order valence-corrected chi connectivity index (χ4v) is 4.59. The highest BCUT2D eigenvalue weighted by atomic mass is 79.9. The number of nitrogens with zero attached hydrogens (tertiary/aromatic N) is 2. The normalized spacial score (nSPS) is 16.7. The summed E-state index contributed by atoms with van der Waals surface area (Å²) in [4.78, 5) is 32.0. The Balaban J connectivity index is 1.48. The first kappa shape index (κ1) is 24.5. The minimum Gasteiger partial charge on any atom is -0.507 e. The van der Waals surface area contributed by atoms with Gasteiger partial charge in [-0.2, -0.15) is 0 Å². The van der Waals surface area contributed by atoms with Crippen LogP contribution in [0.15, 0.2) is 113 Å². The number of ether oxygens (including phenoxy) is 1. The largest absolute Gasteiger partial charge is 0.507 e. The Morgan fingerprint density at radius 1 is 0.892 bits per heavy atom. The molecule has 2 heterocycles. The molecule has 184 valence electrons. The Hall–Kier alpha value is -4.23. The van der Waals surface area contributed by atoms with Crippen molar-refractivity contribution in [2.75, 3.05) is 0 Å². The van der Waals surface area contributed by atoms with Gasteiger partial charge in [0.25, 0.3) is 11.7 Å². The molecule has 0 aliphatic carbocycles. The molecule has 3 aromatic carbocycles. The van der Waals surface area contributed by atoms with Crippen LogP contribution >= 0.6 is 15.9 Å². The van der Waals surface area contributed by atoms with E-state index in [-0.39, 0.29) is 17.9 Å². The van der Waals surface area contributed by atoms with E-state index in [1.807, 2.05) is 60.7 Å². The lowest BCUT2D eigenvalue weighted by Gasteiger charge is -2.25. The standard InChI is InChI=1S/C30H23BrN2O4/c31-24-12-8-22(9-13-24)27-26(29(35)30(36)33(27)18-21-7-4-16-32-17-21)28(34)23-10-14-25(15-11-23)37-19-20-5-2-1-3-6-20/h1-17,27,34H,18-19H2/b28-26+. The molecule has 1 fully saturated rings. The zero-order valence-electron chi connectivity index (χ0n) is 19.8. The Kier molecular flexibility index (Phi) is 7.14. The number of carbonyl (C=O) groups excluding carboxylic acids is 2. The Morgan fingerprint density at radius 2 is 1.59 bits per heavy atom. The Labute approximate surface area is 223 Å². The second kappa shape index (κ2) is 10.8. The number of carbonyl (C=O) groups is 2. The first-order chi connectivity index (χ1) is 18.0. The molecule has 0 spiro atoms. The van der Waals surface area contributed by atoms with Crippen LogP contribution in [0.4, 0.5) is 0 Å². The highest BCUT2D eigenvalue weighted by Gasteiger charge is 2.46. The number of Topliss-reactive ketones (excluding diaryl/α,β-unsaturated/α-hetero) is 1. The topological polar surface area (TPSA) is 79.7 Å². The number of rotatable bonds is 7. The summed E-state index contributed by atoms with van der Waals surface area (Å²) >= 11 is 3.43. The number of aromatic nitrogens is 1. The molecule has 1 atom stereocenters. The predicted molar refractivity (Wildman–Crippen MR) is 143 cm³/mol. The van der Waals surface area contributed by atoms with E-state index < -0.39 is 17.7 Å². The third-order valence-electron chi connectivity index (χ3n) is 6.18. The third kappa shape index (κ3) is 5.32. The van der Waals surface area contributed by atoms with Crippen LogP contribution in [0, 0.1) is 0 Å². The van der Waals surface area contributed by atoms with Gasteiger partial charge in [0.15, 0.2) is 0 Å². The number of halogens is 1. The summed E-state index contributed by atoms with van der Waals surface area (Å²) in [6, 6.07) is 26.9. The summed E-state index contributed by atoms with van der Waals surface area (Å²) in [6.07, 6.45) is 3.31. The van der Waals surface area contributed by atoms with Gasteiger partial charge in [0.1, 0.15) is 18.1 Å². The van der Waals surface area contributed by atoms with Gasteiger partial charge in [0, 0.05) is 29.0 Å². The van der Waals surface area contributed by atoms with Gasteiger partial charge < -0.3 is 14.7 Å². The van der Waals surface area contributed by atoms with Crippen LogP contribution in [0.25, 0.3) is 5.76 Å². The van der Waals surface area contributed by atoms with Crippen LogP contribution in [0.2, 0.25) is 0 Å². The van der Waals surface area contributed by atoms with E-state index in [4.69, 9.17) is 4.74 Å². The van der Waals surface area contributed by atoms with Crippen molar-refractivity contribution in [3.63, 3.8) is 0 Å². The molecule has 0 bridgehead atoms. The molecule has 5 rings (SSSR count). The molecular weight excluding hydrogens is 532 g/mol. The van der Waals surface area contributed by atoms with Gasteiger partial charge in [-0.1, -0.05) is 64.5 Å². The first-order valence-corrected chi connectivity index (χ1v) is 12.5. The van der Waals surface area contributed by atoms with Gasteiger partial charge in [-0.15, -0.1) is 0 Å². The van der Waals surface area contributed by atoms with Crippen molar-refractivity contribution >= 4 is 33.4 Å². The third-order valence-corrected chi connectivity index (χ3v) is 6.71. The smallest absolute Gasteiger partial charge is 0.295 e. The zero-order valence-corrected chi connectivity index (χ0v) is 21.3. The number of hydrogen-bond donors (Lipinski definition) is 1. The molecule has 37 heavy (non-hydrogen) atoms. The number of likely N-dealkylation sites (tertiary alicyclic amines) is 1. The van der Waals surface area contributed by atoms with E-state index in [1.54, 1.807) is 42.7 Å². The molecule has 0 saturated carbocycles. The van der Waals surface area contributed by atoms with Crippen molar-refractivity contribution in [3.8, 4) is 5.75 Å². The fourth-order valence-electron chi connectivity index (χ4n) is 4.33. The number of hydrogen-bond acceptors (Lipinski definition) is 5. The summed E-state index contributed by atoms with van der Waals surface area (Å²) in [7, 11) is 0. The van der Waals surface area contributed by atoms with Crippen LogP contribution in [0.3, 0.4) is 0 Å². The van der Waals surface area contributed by atoms with E-state index >= 15 is 0 Å². The van der Waals surface area contributed by atoms with Crippen LogP contribution in [0.5, 0.6) is 5.75 Å². The van der Waals surface area contributed by atoms with Gasteiger partial charge in [-0.25, -0.2) is 0 Å². The average Bonchev–Trinajstić information content (AvgIpc) is 3.18. The zero-order chi connectivity index (χ0) is 25.8. The summed E-state index contributed by atoms with van der Waals surface area (Å²) in [6.45, 7) is 0.595. The molecule has 1 aliphatic rings. The minimum absolute atomic E-state index is 0.0502. The maximum atomic E-state index is 13.2. The lowest BCUT2D eigenvalue weighted by molar-refractivity contribution is -0.140. The van der Waals surface area contributed by atoms with E-state index in [9.17, 15) is 14.7 Å². The molecule has 1 saturated heterocycles. The van der Waals surface area contributed by atoms with Crippen molar-refractivity contribution in [2.24, 2.45) is 0 Å². The fraction of sp³-hybridized carbons (Fsp3) is 0.100. The van der Waals surface area contributed by atoms with Crippen LogP contribution in [-0.4, -0.2) is 26.7 Å². The molecule has 1 amide bonds. The van der Waals surface area contributed by atoms with Crippen molar-refractivity contribution in [1.82, 2.24) is 9.88 Å². The molecular formula is C30H23BrN2O4. The lowest BCUT2D eigenvalue weighted by Crippen LogP contribution is -2.29. The molecule has 7 heteroatoms. The molecule has 4 aromatic rings. The summed E-state index contributed by atoms with van der Waals surface area (Å²) in [5.74, 6) is -0.990. The second-order valence-electron chi connectivity index (χ2n) is 8.64. The van der Waals surface area contributed by atoms with Crippen LogP contribution < -0.4 is 4.74 Å². The quantitative estimate of drug-likeness (QED) is 0.171. The minimum atomic E-state index is -0.748. The monoisotopic (exact) mass is 554 g/mol. The molecule has 1 aromatic heterocycles. The number of ketones is 1. The number of aliphatic hydroxyl groups excluding tert-OH is 1. The van der Waals surface area contributed by atoms with Gasteiger partial charge in [0.2, 0.25) is 0 Å². The molecule has 0 radical (unpaired) electrons. The average molecular weight is 555 g/mol. The van der Waals surface area contributed by atoms with Crippen LogP contribution in [-0.2, 0) is 22.7 Å². The maximum Gasteiger partial charge on any atom is 0.295 e. The number of amides is 1. The van der Waals surface area contributed by atoms with E-state index in [2.05, 4.69) is 20.9 Å². The highest BCUT2D eigenvalue weighted by molar-refractivity contribution is 9.10. The summed E-state index contributed by atoms with van der Waals surface area (Å²) in [5, 5.41) is 11.3. The van der Waals surface area contributed by atoms with Crippen molar-refractivity contribution in [2.45, 2.75) is 19.2 Å². The highest BCUT2D eigenvalue weighted by Crippen LogP contribution is 2.40. The lowest BCUT2D eigenvalue weighted by atomic mass is 9.95. The number of pyridine rings is 1. The predicted octanol–water partition coefficient (Wildman–Crippen LogP) is 6.05. The molecule has 1 unspecified atom stereocenters. The second-order valence-corrected chi connectivity index (χ2v) is 9.55.